The number of thiazole rings is 1. The first kappa shape index (κ1) is 20.2. The van der Waals surface area contributed by atoms with E-state index in [1.807, 2.05) is 24.3 Å². The molecule has 3 aromatic rings. The van der Waals surface area contributed by atoms with E-state index in [1.165, 1.54) is 18.3 Å². The summed E-state index contributed by atoms with van der Waals surface area (Å²) in [5.74, 6) is -0.480. The number of carbonyl (C=O) groups is 3. The van der Waals surface area contributed by atoms with E-state index in [-0.39, 0.29) is 17.4 Å². The van der Waals surface area contributed by atoms with Gasteiger partial charge in [0.2, 0.25) is 5.91 Å². The van der Waals surface area contributed by atoms with Crippen molar-refractivity contribution in [1.29, 1.82) is 0 Å². The number of benzene rings is 2. The average molecular weight is 410 g/mol. The smallest absolute Gasteiger partial charge is 0.358 e. The van der Waals surface area contributed by atoms with Gasteiger partial charge in [-0.2, -0.15) is 0 Å². The molecule has 0 unspecified atom stereocenters. The van der Waals surface area contributed by atoms with E-state index in [4.69, 9.17) is 9.47 Å². The summed E-state index contributed by atoms with van der Waals surface area (Å²) >= 11 is 1.31. The van der Waals surface area contributed by atoms with Gasteiger partial charge in [-0.15, -0.1) is 11.3 Å². The Morgan fingerprint density at radius 2 is 1.72 bits per heavy atom. The fourth-order valence-electron chi connectivity index (χ4n) is 2.46. The summed E-state index contributed by atoms with van der Waals surface area (Å²) < 4.78 is 10.2. The highest BCUT2D eigenvalue weighted by atomic mass is 32.1. The first-order chi connectivity index (χ1) is 14.0. The lowest BCUT2D eigenvalue weighted by molar-refractivity contribution is -0.114. The zero-order valence-corrected chi connectivity index (χ0v) is 16.6. The predicted octanol–water partition coefficient (Wildman–Crippen LogP) is 3.82. The number of aromatic nitrogens is 1. The summed E-state index contributed by atoms with van der Waals surface area (Å²) in [5, 5.41) is 4.87. The number of amides is 1. The van der Waals surface area contributed by atoms with Crippen LogP contribution in [-0.4, -0.2) is 36.4 Å². The van der Waals surface area contributed by atoms with Crippen molar-refractivity contribution in [2.24, 2.45) is 0 Å². The summed E-state index contributed by atoms with van der Waals surface area (Å²) in [7, 11) is 1.59. The highest BCUT2D eigenvalue weighted by Gasteiger charge is 2.16. The van der Waals surface area contributed by atoms with E-state index in [1.54, 1.807) is 36.8 Å². The molecule has 1 amide bonds. The minimum absolute atomic E-state index is 0.148. The lowest BCUT2D eigenvalue weighted by Crippen LogP contribution is -2.14. The van der Waals surface area contributed by atoms with Crippen LogP contribution in [0, 0.1) is 0 Å². The molecule has 0 aliphatic carbocycles. The third kappa shape index (κ3) is 5.26. The van der Waals surface area contributed by atoms with E-state index in [0.29, 0.717) is 16.3 Å². The number of carbonyl (C=O) groups excluding carboxylic acids is 3. The number of rotatable bonds is 7. The zero-order valence-electron chi connectivity index (χ0n) is 15.8. The van der Waals surface area contributed by atoms with Gasteiger partial charge in [0, 0.05) is 29.1 Å². The van der Waals surface area contributed by atoms with Crippen molar-refractivity contribution in [3.8, 4) is 16.3 Å². The number of methoxy groups -OCH3 is 1. The monoisotopic (exact) mass is 410 g/mol. The maximum Gasteiger partial charge on any atom is 0.358 e. The first-order valence-corrected chi connectivity index (χ1v) is 9.52. The number of anilines is 1. The van der Waals surface area contributed by atoms with Crippen LogP contribution < -0.4 is 10.1 Å². The predicted molar refractivity (Wildman–Crippen MR) is 109 cm³/mol. The summed E-state index contributed by atoms with van der Waals surface area (Å²) in [5.41, 5.74) is 1.96. The van der Waals surface area contributed by atoms with Crippen molar-refractivity contribution < 1.29 is 23.9 Å². The second kappa shape index (κ2) is 9.11. The van der Waals surface area contributed by atoms with E-state index in [9.17, 15) is 14.4 Å². The highest BCUT2D eigenvalue weighted by Crippen LogP contribution is 2.26. The summed E-state index contributed by atoms with van der Waals surface area (Å²) in [6, 6.07) is 13.7. The van der Waals surface area contributed by atoms with Crippen LogP contribution in [0.2, 0.25) is 0 Å². The van der Waals surface area contributed by atoms with Crippen LogP contribution in [0.4, 0.5) is 5.69 Å². The minimum Gasteiger partial charge on any atom is -0.497 e. The summed E-state index contributed by atoms with van der Waals surface area (Å²) in [6.45, 7) is 1.00. The van der Waals surface area contributed by atoms with E-state index >= 15 is 0 Å². The quantitative estimate of drug-likeness (QED) is 0.470. The third-order valence-corrected chi connectivity index (χ3v) is 4.80. The molecule has 2 aromatic carbocycles. The van der Waals surface area contributed by atoms with Crippen molar-refractivity contribution in [2.75, 3.05) is 19.0 Å². The maximum absolute atomic E-state index is 12.2. The van der Waals surface area contributed by atoms with E-state index < -0.39 is 12.6 Å². The summed E-state index contributed by atoms with van der Waals surface area (Å²) in [4.78, 5) is 39.7. The SMILES string of the molecule is COc1ccc(-c2nc(C(=O)OCC(=O)c3ccc(NC(C)=O)cc3)cs2)cc1. The molecule has 0 fully saturated rings. The third-order valence-electron chi connectivity index (χ3n) is 3.91. The fourth-order valence-corrected chi connectivity index (χ4v) is 3.26. The van der Waals surface area contributed by atoms with Crippen LogP contribution in [0.25, 0.3) is 10.6 Å². The van der Waals surface area contributed by atoms with E-state index in [2.05, 4.69) is 10.3 Å². The van der Waals surface area contributed by atoms with Gasteiger partial charge < -0.3 is 14.8 Å². The number of nitrogens with one attached hydrogen (secondary N) is 1. The van der Waals surface area contributed by atoms with Gasteiger partial charge >= 0.3 is 5.97 Å². The van der Waals surface area contributed by atoms with Gasteiger partial charge in [-0.05, 0) is 48.5 Å². The maximum atomic E-state index is 12.2. The number of hydrogen-bond acceptors (Lipinski definition) is 7. The second-order valence-corrected chi connectivity index (χ2v) is 6.88. The Labute approximate surface area is 171 Å². The molecule has 1 heterocycles. The standard InChI is InChI=1S/C21H18N2O5S/c1-13(24)22-16-7-3-14(4-8-16)19(25)11-28-21(26)18-12-29-20(23-18)15-5-9-17(27-2)10-6-15/h3-10,12H,11H2,1-2H3,(H,22,24). The Bertz CT molecular complexity index is 1030. The molecular formula is C21H18N2O5S. The molecule has 29 heavy (non-hydrogen) atoms. The van der Waals surface area contributed by atoms with Gasteiger partial charge in [-0.1, -0.05) is 0 Å². The van der Waals surface area contributed by atoms with Crippen molar-refractivity contribution in [3.05, 3.63) is 65.2 Å². The van der Waals surface area contributed by atoms with Crippen molar-refractivity contribution in [2.45, 2.75) is 6.92 Å². The van der Waals surface area contributed by atoms with Crippen molar-refractivity contribution in [3.63, 3.8) is 0 Å². The molecule has 0 spiro atoms. The molecule has 3 rings (SSSR count). The first-order valence-electron chi connectivity index (χ1n) is 8.64. The number of nitrogens with zero attached hydrogens (tertiary/aromatic N) is 1. The van der Waals surface area contributed by atoms with Gasteiger partial charge in [-0.25, -0.2) is 9.78 Å². The Morgan fingerprint density at radius 1 is 1.03 bits per heavy atom. The zero-order chi connectivity index (χ0) is 20.8. The molecular weight excluding hydrogens is 392 g/mol. The lowest BCUT2D eigenvalue weighted by atomic mass is 10.1. The van der Waals surface area contributed by atoms with Gasteiger partial charge in [0.25, 0.3) is 0 Å². The Kier molecular flexibility index (Phi) is 6.36. The van der Waals surface area contributed by atoms with Gasteiger partial charge in [0.1, 0.15) is 10.8 Å². The molecule has 148 valence electrons. The van der Waals surface area contributed by atoms with Gasteiger partial charge in [-0.3, -0.25) is 9.59 Å². The van der Waals surface area contributed by atoms with Crippen molar-refractivity contribution in [1.82, 2.24) is 4.98 Å². The molecule has 0 bridgehead atoms. The second-order valence-electron chi connectivity index (χ2n) is 6.02. The van der Waals surface area contributed by atoms with Crippen LogP contribution in [0.3, 0.4) is 0 Å². The number of ketones is 1. The normalized spacial score (nSPS) is 10.3. The molecule has 0 aliphatic heterocycles. The lowest BCUT2D eigenvalue weighted by Gasteiger charge is -2.05. The average Bonchev–Trinajstić information content (AvgIpc) is 3.22. The van der Waals surface area contributed by atoms with Crippen LogP contribution in [0.1, 0.15) is 27.8 Å². The van der Waals surface area contributed by atoms with Crippen LogP contribution >= 0.6 is 11.3 Å². The Hall–Kier alpha value is -3.52. The molecule has 1 N–H and O–H groups in total. The molecule has 0 atom stereocenters. The molecule has 1 aromatic heterocycles. The van der Waals surface area contributed by atoms with Gasteiger partial charge in [0.15, 0.2) is 18.1 Å². The molecule has 7 nitrogen and oxygen atoms in total. The van der Waals surface area contributed by atoms with Crippen LogP contribution in [0.15, 0.2) is 53.9 Å². The molecule has 0 saturated heterocycles. The molecule has 8 heteroatoms. The largest absolute Gasteiger partial charge is 0.497 e. The van der Waals surface area contributed by atoms with Crippen LogP contribution in [-0.2, 0) is 9.53 Å². The molecule has 0 saturated carbocycles. The Balaban J connectivity index is 1.58. The topological polar surface area (TPSA) is 94.6 Å². The summed E-state index contributed by atoms with van der Waals surface area (Å²) in [6.07, 6.45) is 0. The number of ether oxygens (including phenoxy) is 2. The number of hydrogen-bond donors (Lipinski definition) is 1. The molecule has 0 radical (unpaired) electrons. The van der Waals surface area contributed by atoms with Crippen molar-refractivity contribution >= 4 is 34.7 Å². The van der Waals surface area contributed by atoms with Crippen LogP contribution in [0.5, 0.6) is 5.75 Å². The van der Waals surface area contributed by atoms with E-state index in [0.717, 1.165) is 11.3 Å². The highest BCUT2D eigenvalue weighted by molar-refractivity contribution is 7.13. The van der Waals surface area contributed by atoms with Gasteiger partial charge in [0.05, 0.1) is 7.11 Å². The molecule has 0 aliphatic rings. The Morgan fingerprint density at radius 3 is 2.34 bits per heavy atom. The fraction of sp³-hybridized carbons (Fsp3) is 0.143. The minimum atomic E-state index is -0.663. The number of Topliss-reactive ketones (excluding diaryl/α,β-unsaturated/α-hetero) is 1. The number of esters is 1.